The molecule has 22 heavy (non-hydrogen) atoms. The van der Waals surface area contributed by atoms with Crippen molar-refractivity contribution in [3.63, 3.8) is 0 Å². The Balaban J connectivity index is 1.76. The van der Waals surface area contributed by atoms with E-state index in [-0.39, 0.29) is 5.56 Å². The zero-order valence-corrected chi connectivity index (χ0v) is 13.6. The summed E-state index contributed by atoms with van der Waals surface area (Å²) in [6.45, 7) is 2.02. The largest absolute Gasteiger partial charge is 0.477 e. The first-order chi connectivity index (χ1) is 10.6. The van der Waals surface area contributed by atoms with Crippen LogP contribution < -0.4 is 5.56 Å². The highest BCUT2D eigenvalue weighted by molar-refractivity contribution is 7.98. The molecule has 0 amide bonds. The third kappa shape index (κ3) is 3.08. The summed E-state index contributed by atoms with van der Waals surface area (Å²) < 4.78 is 0. The Bertz CT molecular complexity index is 769. The molecule has 3 heterocycles. The molecule has 0 unspecified atom stereocenters. The molecule has 3 rings (SSSR count). The van der Waals surface area contributed by atoms with Gasteiger partial charge in [-0.25, -0.2) is 9.78 Å². The molecule has 8 heteroatoms. The van der Waals surface area contributed by atoms with E-state index in [1.165, 1.54) is 23.1 Å². The van der Waals surface area contributed by atoms with Gasteiger partial charge in [-0.15, -0.1) is 11.3 Å². The maximum Gasteiger partial charge on any atom is 0.345 e. The third-order valence-corrected chi connectivity index (χ3v) is 5.21. The smallest absolute Gasteiger partial charge is 0.345 e. The lowest BCUT2D eigenvalue weighted by Crippen LogP contribution is -2.35. The van der Waals surface area contributed by atoms with Crippen LogP contribution in [0.4, 0.5) is 0 Å². The Kier molecular flexibility index (Phi) is 4.32. The highest BCUT2D eigenvalue weighted by Crippen LogP contribution is 2.22. The molecule has 1 aliphatic heterocycles. The van der Waals surface area contributed by atoms with Crippen molar-refractivity contribution in [2.24, 2.45) is 0 Å². The van der Waals surface area contributed by atoms with Crippen molar-refractivity contribution in [2.45, 2.75) is 24.7 Å². The number of carbonyl (C=O) groups is 1. The van der Waals surface area contributed by atoms with Gasteiger partial charge in [-0.2, -0.15) is 0 Å². The van der Waals surface area contributed by atoms with Gasteiger partial charge in [-0.3, -0.25) is 9.69 Å². The summed E-state index contributed by atoms with van der Waals surface area (Å²) in [6, 6.07) is 3.46. The number of nitrogens with zero attached hydrogens (tertiary/aromatic N) is 2. The zero-order chi connectivity index (χ0) is 15.7. The van der Waals surface area contributed by atoms with Crippen LogP contribution in [0.3, 0.4) is 0 Å². The fourth-order valence-electron chi connectivity index (χ4n) is 2.49. The second-order valence-corrected chi connectivity index (χ2v) is 7.00. The molecule has 0 aromatic carbocycles. The van der Waals surface area contributed by atoms with E-state index in [2.05, 4.69) is 14.9 Å². The molecule has 0 saturated carbocycles. The predicted molar refractivity (Wildman–Crippen MR) is 85.7 cm³/mol. The van der Waals surface area contributed by atoms with Crippen LogP contribution in [-0.4, -0.2) is 38.7 Å². The standard InChI is InChI=1S/C14H15N3O3S2/c1-21-14-15-10-4-5-17(7-9(10)12(18)16-14)6-8-2-3-11(22-8)13(19)20/h2-3H,4-7H2,1H3,(H,19,20)(H,15,16,18). The van der Waals surface area contributed by atoms with Crippen LogP contribution >= 0.6 is 23.1 Å². The van der Waals surface area contributed by atoms with Crippen molar-refractivity contribution < 1.29 is 9.90 Å². The van der Waals surface area contributed by atoms with E-state index in [1.54, 1.807) is 6.07 Å². The molecule has 0 aliphatic carbocycles. The van der Waals surface area contributed by atoms with Crippen LogP contribution in [0.5, 0.6) is 0 Å². The van der Waals surface area contributed by atoms with Crippen molar-refractivity contribution in [3.05, 3.63) is 43.5 Å². The van der Waals surface area contributed by atoms with Gasteiger partial charge in [0.1, 0.15) is 4.88 Å². The van der Waals surface area contributed by atoms with Crippen molar-refractivity contribution in [1.29, 1.82) is 0 Å². The van der Waals surface area contributed by atoms with Crippen molar-refractivity contribution >= 4 is 29.1 Å². The van der Waals surface area contributed by atoms with Crippen molar-refractivity contribution in [1.82, 2.24) is 14.9 Å². The lowest BCUT2D eigenvalue weighted by Gasteiger charge is -2.27. The summed E-state index contributed by atoms with van der Waals surface area (Å²) in [5, 5.41) is 9.62. The Morgan fingerprint density at radius 3 is 3.05 bits per heavy atom. The summed E-state index contributed by atoms with van der Waals surface area (Å²) in [7, 11) is 0. The summed E-state index contributed by atoms with van der Waals surface area (Å²) in [5.41, 5.74) is 1.53. The Hall–Kier alpha value is -1.64. The normalized spacial score (nSPS) is 14.8. The summed E-state index contributed by atoms with van der Waals surface area (Å²) in [6.07, 6.45) is 2.63. The minimum Gasteiger partial charge on any atom is -0.477 e. The first kappa shape index (κ1) is 15.3. The van der Waals surface area contributed by atoms with Gasteiger partial charge in [0.05, 0.1) is 11.3 Å². The number of carboxylic acids is 1. The monoisotopic (exact) mass is 337 g/mol. The average Bonchev–Trinajstić information content (AvgIpc) is 2.96. The lowest BCUT2D eigenvalue weighted by molar-refractivity contribution is 0.0702. The van der Waals surface area contributed by atoms with E-state index in [0.29, 0.717) is 23.1 Å². The van der Waals surface area contributed by atoms with E-state index in [4.69, 9.17) is 5.11 Å². The van der Waals surface area contributed by atoms with Gasteiger partial charge in [0.2, 0.25) is 0 Å². The number of nitrogens with one attached hydrogen (secondary N) is 1. The van der Waals surface area contributed by atoms with Crippen LogP contribution in [0.15, 0.2) is 22.1 Å². The fraction of sp³-hybridized carbons (Fsp3) is 0.357. The minimum atomic E-state index is -0.898. The lowest BCUT2D eigenvalue weighted by atomic mass is 10.1. The van der Waals surface area contributed by atoms with Crippen molar-refractivity contribution in [2.75, 3.05) is 12.8 Å². The molecular formula is C14H15N3O3S2. The molecule has 0 radical (unpaired) electrons. The minimum absolute atomic E-state index is 0.0727. The van der Waals surface area contributed by atoms with Crippen LogP contribution in [0.2, 0.25) is 0 Å². The molecule has 2 aromatic heterocycles. The van der Waals surface area contributed by atoms with E-state index in [1.807, 2.05) is 12.3 Å². The highest BCUT2D eigenvalue weighted by Gasteiger charge is 2.21. The molecule has 2 aromatic rings. The molecule has 0 saturated heterocycles. The molecule has 0 spiro atoms. The topological polar surface area (TPSA) is 86.3 Å². The molecule has 6 nitrogen and oxygen atoms in total. The number of thioether (sulfide) groups is 1. The molecule has 2 N–H and O–H groups in total. The quantitative estimate of drug-likeness (QED) is 0.654. The van der Waals surface area contributed by atoms with Crippen LogP contribution in [0, 0.1) is 0 Å². The van der Waals surface area contributed by atoms with E-state index >= 15 is 0 Å². The Labute approximate surface area is 135 Å². The first-order valence-electron chi connectivity index (χ1n) is 6.77. The van der Waals surface area contributed by atoms with Crippen LogP contribution in [0.1, 0.15) is 25.8 Å². The van der Waals surface area contributed by atoms with Gasteiger partial charge in [-0.1, -0.05) is 11.8 Å². The summed E-state index contributed by atoms with van der Waals surface area (Å²) >= 11 is 2.71. The molecule has 0 atom stereocenters. The number of hydrogen-bond donors (Lipinski definition) is 2. The molecule has 0 bridgehead atoms. The van der Waals surface area contributed by atoms with E-state index in [0.717, 1.165) is 29.1 Å². The number of fused-ring (bicyclic) bond motifs is 1. The number of hydrogen-bond acceptors (Lipinski definition) is 6. The van der Waals surface area contributed by atoms with E-state index < -0.39 is 5.97 Å². The maximum absolute atomic E-state index is 12.1. The van der Waals surface area contributed by atoms with Crippen LogP contribution in [0.25, 0.3) is 0 Å². The SMILES string of the molecule is CSc1nc2c(c(=O)[nH]1)CN(Cc1ccc(C(=O)O)s1)CC2. The van der Waals surface area contributed by atoms with Gasteiger partial charge in [0, 0.05) is 30.9 Å². The molecule has 116 valence electrons. The number of aromatic nitrogens is 2. The zero-order valence-electron chi connectivity index (χ0n) is 12.0. The molecule has 0 fully saturated rings. The first-order valence-corrected chi connectivity index (χ1v) is 8.81. The number of carboxylic acid groups (broad SMARTS) is 1. The molecular weight excluding hydrogens is 322 g/mol. The number of rotatable bonds is 4. The van der Waals surface area contributed by atoms with Gasteiger partial charge in [0.25, 0.3) is 5.56 Å². The number of H-pyrrole nitrogens is 1. The van der Waals surface area contributed by atoms with E-state index in [9.17, 15) is 9.59 Å². The summed E-state index contributed by atoms with van der Waals surface area (Å²) in [4.78, 5) is 33.8. The van der Waals surface area contributed by atoms with Gasteiger partial charge in [-0.05, 0) is 18.4 Å². The number of thiophene rings is 1. The Morgan fingerprint density at radius 1 is 1.55 bits per heavy atom. The second-order valence-electron chi connectivity index (χ2n) is 5.03. The Morgan fingerprint density at radius 2 is 2.36 bits per heavy atom. The predicted octanol–water partition coefficient (Wildman–Crippen LogP) is 1.81. The number of aromatic carboxylic acids is 1. The van der Waals surface area contributed by atoms with Crippen molar-refractivity contribution in [3.8, 4) is 0 Å². The maximum atomic E-state index is 12.1. The van der Waals surface area contributed by atoms with Gasteiger partial charge < -0.3 is 10.1 Å². The fourth-order valence-corrected chi connectivity index (χ4v) is 3.77. The van der Waals surface area contributed by atoms with Crippen LogP contribution in [-0.2, 0) is 19.5 Å². The third-order valence-electron chi connectivity index (χ3n) is 3.57. The van der Waals surface area contributed by atoms with Gasteiger partial charge >= 0.3 is 5.97 Å². The highest BCUT2D eigenvalue weighted by atomic mass is 32.2. The molecule has 1 aliphatic rings. The summed E-state index contributed by atoms with van der Waals surface area (Å²) in [5.74, 6) is -0.898. The van der Waals surface area contributed by atoms with Gasteiger partial charge in [0.15, 0.2) is 5.16 Å². The second kappa shape index (κ2) is 6.23. The number of aromatic amines is 1. The average molecular weight is 337 g/mol.